The second-order valence-electron chi connectivity index (χ2n) is 8.24. The summed E-state index contributed by atoms with van der Waals surface area (Å²) in [6.45, 7) is 6.50. The van der Waals surface area contributed by atoms with Gasteiger partial charge < -0.3 is 10.5 Å². The van der Waals surface area contributed by atoms with E-state index in [1.165, 1.54) is 29.8 Å². The van der Waals surface area contributed by atoms with Crippen molar-refractivity contribution in [3.8, 4) is 16.9 Å². The molecule has 0 atom stereocenters. The number of nitrogen functional groups attached to an aromatic ring is 1. The molecular formula is C24H23ClF3NO. The van der Waals surface area contributed by atoms with Crippen LogP contribution in [0.1, 0.15) is 37.5 Å². The Morgan fingerprint density at radius 2 is 1.47 bits per heavy atom. The maximum Gasteiger partial charge on any atom is 0.573 e. The van der Waals surface area contributed by atoms with Crippen LogP contribution in [0.4, 0.5) is 18.9 Å². The molecule has 0 spiro atoms. The van der Waals surface area contributed by atoms with Gasteiger partial charge in [-0.25, -0.2) is 0 Å². The predicted molar refractivity (Wildman–Crippen MR) is 116 cm³/mol. The van der Waals surface area contributed by atoms with Gasteiger partial charge in [0.25, 0.3) is 0 Å². The first-order chi connectivity index (χ1) is 13.9. The summed E-state index contributed by atoms with van der Waals surface area (Å²) in [5.41, 5.74) is 11.3. The van der Waals surface area contributed by atoms with Crippen LogP contribution >= 0.6 is 11.6 Å². The third-order valence-electron chi connectivity index (χ3n) is 4.79. The first kappa shape index (κ1) is 22.0. The molecule has 3 aromatic rings. The van der Waals surface area contributed by atoms with E-state index >= 15 is 0 Å². The zero-order valence-electron chi connectivity index (χ0n) is 17.0. The summed E-state index contributed by atoms with van der Waals surface area (Å²) < 4.78 is 41.0. The Kier molecular flexibility index (Phi) is 6.04. The Morgan fingerprint density at radius 3 is 2.00 bits per heavy atom. The molecule has 0 fully saturated rings. The second-order valence-corrected chi connectivity index (χ2v) is 8.62. The van der Waals surface area contributed by atoms with E-state index in [0.717, 1.165) is 11.1 Å². The molecule has 0 saturated carbocycles. The number of anilines is 1. The SMILES string of the molecule is CC(C)(C)c1ccc(Cc2cc(N)c(Cl)c(-c3ccc(OC(F)(F)F)cc3)c2)cc1. The summed E-state index contributed by atoms with van der Waals surface area (Å²) in [5.74, 6) is -0.287. The first-order valence-electron chi connectivity index (χ1n) is 9.46. The monoisotopic (exact) mass is 433 g/mol. The van der Waals surface area contributed by atoms with Gasteiger partial charge in [-0.05, 0) is 58.4 Å². The molecule has 0 aromatic heterocycles. The summed E-state index contributed by atoms with van der Waals surface area (Å²) in [7, 11) is 0. The maximum absolute atomic E-state index is 12.4. The van der Waals surface area contributed by atoms with E-state index in [1.54, 1.807) is 0 Å². The summed E-state index contributed by atoms with van der Waals surface area (Å²) in [6, 6.07) is 17.7. The average Bonchev–Trinajstić information content (AvgIpc) is 2.64. The molecule has 0 aliphatic rings. The van der Waals surface area contributed by atoms with Gasteiger partial charge in [0.05, 0.1) is 10.7 Å². The van der Waals surface area contributed by atoms with E-state index in [0.29, 0.717) is 28.3 Å². The summed E-state index contributed by atoms with van der Waals surface area (Å²) in [4.78, 5) is 0. The van der Waals surface area contributed by atoms with Crippen LogP contribution in [0, 0.1) is 0 Å². The molecule has 0 bridgehead atoms. The Bertz CT molecular complexity index is 1020. The highest BCUT2D eigenvalue weighted by Crippen LogP contribution is 2.36. The normalized spacial score (nSPS) is 12.1. The summed E-state index contributed by atoms with van der Waals surface area (Å²) in [6.07, 6.45) is -4.07. The quantitative estimate of drug-likeness (QED) is 0.436. The molecular weight excluding hydrogens is 411 g/mol. The van der Waals surface area contributed by atoms with Crippen LogP contribution in [0.15, 0.2) is 60.7 Å². The molecule has 6 heteroatoms. The van der Waals surface area contributed by atoms with Gasteiger partial charge in [0, 0.05) is 5.56 Å². The molecule has 2 N–H and O–H groups in total. The lowest BCUT2D eigenvalue weighted by atomic mass is 9.86. The van der Waals surface area contributed by atoms with Crippen molar-refractivity contribution in [1.29, 1.82) is 0 Å². The lowest BCUT2D eigenvalue weighted by molar-refractivity contribution is -0.274. The van der Waals surface area contributed by atoms with Crippen molar-refractivity contribution in [2.45, 2.75) is 39.0 Å². The molecule has 30 heavy (non-hydrogen) atoms. The van der Waals surface area contributed by atoms with Crippen molar-refractivity contribution in [2.75, 3.05) is 5.73 Å². The molecule has 0 radical (unpaired) electrons. The average molecular weight is 434 g/mol. The van der Waals surface area contributed by atoms with Crippen molar-refractivity contribution in [1.82, 2.24) is 0 Å². The molecule has 0 heterocycles. The van der Waals surface area contributed by atoms with Crippen molar-refractivity contribution in [3.05, 3.63) is 82.4 Å². The lowest BCUT2D eigenvalue weighted by Crippen LogP contribution is -2.16. The fraction of sp³-hybridized carbons (Fsp3) is 0.250. The smallest absolute Gasteiger partial charge is 0.406 e. The van der Waals surface area contributed by atoms with Crippen LogP contribution in [0.2, 0.25) is 5.02 Å². The Labute approximate surface area is 179 Å². The molecule has 2 nitrogen and oxygen atoms in total. The molecule has 0 saturated heterocycles. The van der Waals surface area contributed by atoms with E-state index in [9.17, 15) is 13.2 Å². The fourth-order valence-electron chi connectivity index (χ4n) is 3.22. The van der Waals surface area contributed by atoms with Gasteiger partial charge >= 0.3 is 6.36 Å². The Hall–Kier alpha value is -2.66. The molecule has 3 rings (SSSR count). The number of hydrogen-bond acceptors (Lipinski definition) is 2. The van der Waals surface area contributed by atoms with Gasteiger partial charge in [0.15, 0.2) is 0 Å². The van der Waals surface area contributed by atoms with Crippen molar-refractivity contribution >= 4 is 17.3 Å². The van der Waals surface area contributed by atoms with Crippen molar-refractivity contribution in [2.24, 2.45) is 0 Å². The minimum Gasteiger partial charge on any atom is -0.406 e. The van der Waals surface area contributed by atoms with E-state index in [4.69, 9.17) is 17.3 Å². The Morgan fingerprint density at radius 1 is 0.867 bits per heavy atom. The largest absolute Gasteiger partial charge is 0.573 e. The van der Waals surface area contributed by atoms with Crippen molar-refractivity contribution in [3.63, 3.8) is 0 Å². The lowest BCUT2D eigenvalue weighted by Gasteiger charge is -2.19. The number of benzene rings is 3. The number of rotatable bonds is 4. The topological polar surface area (TPSA) is 35.2 Å². The third kappa shape index (κ3) is 5.48. The molecule has 0 amide bonds. The second kappa shape index (κ2) is 8.23. The third-order valence-corrected chi connectivity index (χ3v) is 5.21. The number of ether oxygens (including phenoxy) is 1. The van der Waals surface area contributed by atoms with Crippen LogP contribution in [0.25, 0.3) is 11.1 Å². The van der Waals surface area contributed by atoms with Crippen LogP contribution in [-0.2, 0) is 11.8 Å². The predicted octanol–water partition coefficient (Wildman–Crippen LogP) is 7.38. The number of nitrogens with two attached hydrogens (primary N) is 1. The van der Waals surface area contributed by atoms with Crippen LogP contribution in [0.5, 0.6) is 5.75 Å². The van der Waals surface area contributed by atoms with Gasteiger partial charge in [0.2, 0.25) is 0 Å². The highest BCUT2D eigenvalue weighted by molar-refractivity contribution is 6.35. The van der Waals surface area contributed by atoms with Crippen molar-refractivity contribution < 1.29 is 17.9 Å². The van der Waals surface area contributed by atoms with Gasteiger partial charge in [-0.3, -0.25) is 0 Å². The van der Waals surface area contributed by atoms with Crippen LogP contribution in [-0.4, -0.2) is 6.36 Å². The maximum atomic E-state index is 12.4. The van der Waals surface area contributed by atoms with E-state index in [1.807, 2.05) is 12.1 Å². The van der Waals surface area contributed by atoms with E-state index < -0.39 is 6.36 Å². The molecule has 3 aromatic carbocycles. The van der Waals surface area contributed by atoms with Crippen LogP contribution in [0.3, 0.4) is 0 Å². The standard InChI is InChI=1S/C24H23ClF3NO/c1-23(2,3)18-8-4-15(5-9-18)12-16-13-20(22(25)21(29)14-16)17-6-10-19(11-7-17)30-24(26,27)28/h4-11,13-14H,12,29H2,1-3H3. The highest BCUT2D eigenvalue weighted by Gasteiger charge is 2.31. The first-order valence-corrected chi connectivity index (χ1v) is 9.84. The molecule has 158 valence electrons. The summed E-state index contributed by atoms with van der Waals surface area (Å²) >= 11 is 6.38. The molecule has 0 aliphatic carbocycles. The van der Waals surface area contributed by atoms with Gasteiger partial charge in [0.1, 0.15) is 5.75 Å². The number of hydrogen-bond donors (Lipinski definition) is 1. The summed E-state index contributed by atoms with van der Waals surface area (Å²) in [5, 5.41) is 0.367. The van der Waals surface area contributed by atoms with E-state index in [-0.39, 0.29) is 11.2 Å². The highest BCUT2D eigenvalue weighted by atomic mass is 35.5. The molecule has 0 unspecified atom stereocenters. The minimum absolute atomic E-state index is 0.0817. The number of halogens is 4. The van der Waals surface area contributed by atoms with Crippen LogP contribution < -0.4 is 10.5 Å². The number of alkyl halides is 3. The zero-order valence-corrected chi connectivity index (χ0v) is 17.7. The van der Waals surface area contributed by atoms with E-state index in [2.05, 4.69) is 49.8 Å². The van der Waals surface area contributed by atoms with Gasteiger partial charge in [-0.1, -0.05) is 68.8 Å². The zero-order chi connectivity index (χ0) is 22.1. The fourth-order valence-corrected chi connectivity index (χ4v) is 3.43. The van der Waals surface area contributed by atoms with Gasteiger partial charge in [-0.2, -0.15) is 0 Å². The molecule has 0 aliphatic heterocycles. The minimum atomic E-state index is -4.73. The Balaban J connectivity index is 1.87. The van der Waals surface area contributed by atoms with Gasteiger partial charge in [-0.15, -0.1) is 13.2 Å².